The molecule has 0 aliphatic carbocycles. The lowest BCUT2D eigenvalue weighted by Crippen LogP contribution is -1.91. The van der Waals surface area contributed by atoms with Gasteiger partial charge >= 0.3 is 0 Å². The highest BCUT2D eigenvalue weighted by Gasteiger charge is 1.99. The molecule has 0 N–H and O–H groups in total. The highest BCUT2D eigenvalue weighted by atomic mass is 79.9. The molecule has 0 radical (unpaired) electrons. The molecule has 1 rings (SSSR count). The average molecular weight is 290 g/mol. The van der Waals surface area contributed by atoms with Crippen molar-refractivity contribution in [3.05, 3.63) is 34.3 Å². The minimum Gasteiger partial charge on any atom is -0.496 e. The number of rotatable bonds is 4. The highest BCUT2D eigenvalue weighted by molar-refractivity contribution is 9.10. The van der Waals surface area contributed by atoms with Crippen LogP contribution in [-0.4, -0.2) is 18.8 Å². The van der Waals surface area contributed by atoms with Crippen molar-refractivity contribution in [2.45, 2.75) is 0 Å². The van der Waals surface area contributed by atoms with Crippen LogP contribution in [0.25, 0.3) is 6.08 Å². The predicted octanol–water partition coefficient (Wildman–Crippen LogP) is 3.28. The maximum absolute atomic E-state index is 10.9. The molecule has 0 amide bonds. The second kappa shape index (κ2) is 5.93. The van der Waals surface area contributed by atoms with Crippen LogP contribution in [0, 0.1) is 0 Å². The van der Waals surface area contributed by atoms with E-state index in [1.165, 1.54) is 6.08 Å². The predicted molar refractivity (Wildman–Crippen MR) is 65.5 cm³/mol. The molecule has 2 nitrogen and oxygen atoms in total. The zero-order valence-electron chi connectivity index (χ0n) is 8.17. The SMILES string of the molecule is COc1ccc(C=CC(=O)CCl)cc1Br. The minimum atomic E-state index is -0.108. The number of carbonyl (C=O) groups excluding carboxylic acids is 1. The van der Waals surface area contributed by atoms with Gasteiger partial charge in [-0.05, 0) is 39.7 Å². The van der Waals surface area contributed by atoms with Crippen molar-refractivity contribution in [2.24, 2.45) is 0 Å². The Labute approximate surface area is 102 Å². The number of alkyl halides is 1. The van der Waals surface area contributed by atoms with Crippen molar-refractivity contribution in [1.29, 1.82) is 0 Å². The molecule has 0 aliphatic rings. The monoisotopic (exact) mass is 288 g/mol. The van der Waals surface area contributed by atoms with E-state index in [2.05, 4.69) is 15.9 Å². The van der Waals surface area contributed by atoms with Gasteiger partial charge in [-0.25, -0.2) is 0 Å². The summed E-state index contributed by atoms with van der Waals surface area (Å²) in [5, 5.41) is 0. The van der Waals surface area contributed by atoms with Crippen molar-refractivity contribution in [2.75, 3.05) is 13.0 Å². The number of benzene rings is 1. The molecule has 80 valence electrons. The first kappa shape index (κ1) is 12.3. The van der Waals surface area contributed by atoms with Gasteiger partial charge in [-0.3, -0.25) is 4.79 Å². The summed E-state index contributed by atoms with van der Waals surface area (Å²) in [4.78, 5) is 10.9. The molecule has 0 unspecified atom stereocenters. The summed E-state index contributed by atoms with van der Waals surface area (Å²) < 4.78 is 5.94. The molecule has 1 aromatic rings. The van der Waals surface area contributed by atoms with E-state index in [-0.39, 0.29) is 11.7 Å². The van der Waals surface area contributed by atoms with Crippen LogP contribution < -0.4 is 4.74 Å². The molecule has 1 aromatic carbocycles. The molecule has 0 saturated carbocycles. The smallest absolute Gasteiger partial charge is 0.170 e. The molecule has 0 atom stereocenters. The summed E-state index contributed by atoms with van der Waals surface area (Å²) >= 11 is 8.73. The normalized spacial score (nSPS) is 10.6. The first-order chi connectivity index (χ1) is 7.17. The molecule has 0 fully saturated rings. The van der Waals surface area contributed by atoms with Gasteiger partial charge in [0.15, 0.2) is 5.78 Å². The molecule has 0 saturated heterocycles. The number of methoxy groups -OCH3 is 1. The maximum atomic E-state index is 10.9. The zero-order chi connectivity index (χ0) is 11.3. The Kier molecular flexibility index (Phi) is 4.85. The largest absolute Gasteiger partial charge is 0.496 e. The molecule has 0 heterocycles. The fourth-order valence-corrected chi connectivity index (χ4v) is 1.67. The van der Waals surface area contributed by atoms with E-state index >= 15 is 0 Å². The lowest BCUT2D eigenvalue weighted by atomic mass is 10.2. The van der Waals surface area contributed by atoms with E-state index in [0.717, 1.165) is 15.8 Å². The van der Waals surface area contributed by atoms with Crippen LogP contribution in [0.3, 0.4) is 0 Å². The van der Waals surface area contributed by atoms with Gasteiger partial charge in [0, 0.05) is 0 Å². The quantitative estimate of drug-likeness (QED) is 0.628. The lowest BCUT2D eigenvalue weighted by Gasteiger charge is -2.03. The molecule has 0 spiro atoms. The summed E-state index contributed by atoms with van der Waals surface area (Å²) in [5.74, 6) is 0.660. The van der Waals surface area contributed by atoms with E-state index in [0.29, 0.717) is 0 Å². The van der Waals surface area contributed by atoms with Gasteiger partial charge in [0.05, 0.1) is 17.5 Å². The Morgan fingerprint density at radius 1 is 1.60 bits per heavy atom. The third-order valence-electron chi connectivity index (χ3n) is 1.77. The van der Waals surface area contributed by atoms with Crippen LogP contribution in [-0.2, 0) is 4.79 Å². The van der Waals surface area contributed by atoms with Gasteiger partial charge in [0.1, 0.15) is 5.75 Å². The van der Waals surface area contributed by atoms with Crippen LogP contribution in [0.2, 0.25) is 0 Å². The van der Waals surface area contributed by atoms with E-state index < -0.39 is 0 Å². The first-order valence-corrected chi connectivity index (χ1v) is 5.60. The Hall–Kier alpha value is -0.800. The summed E-state index contributed by atoms with van der Waals surface area (Å²) in [5.41, 5.74) is 0.918. The van der Waals surface area contributed by atoms with Crippen molar-refractivity contribution in [3.8, 4) is 5.75 Å². The van der Waals surface area contributed by atoms with Gasteiger partial charge in [0.25, 0.3) is 0 Å². The van der Waals surface area contributed by atoms with Gasteiger partial charge in [-0.1, -0.05) is 12.1 Å². The average Bonchev–Trinajstić information content (AvgIpc) is 2.26. The number of ether oxygens (including phenoxy) is 1. The number of carbonyl (C=O) groups is 1. The third-order valence-corrected chi connectivity index (χ3v) is 2.65. The van der Waals surface area contributed by atoms with Crippen molar-refractivity contribution < 1.29 is 9.53 Å². The fraction of sp³-hybridized carbons (Fsp3) is 0.182. The minimum absolute atomic E-state index is 0.00776. The molecular weight excluding hydrogens is 279 g/mol. The Morgan fingerprint density at radius 3 is 2.87 bits per heavy atom. The van der Waals surface area contributed by atoms with E-state index in [1.54, 1.807) is 13.2 Å². The lowest BCUT2D eigenvalue weighted by molar-refractivity contribution is -0.112. The van der Waals surface area contributed by atoms with Crippen molar-refractivity contribution >= 4 is 39.4 Å². The van der Waals surface area contributed by atoms with Crippen molar-refractivity contribution in [1.82, 2.24) is 0 Å². The van der Waals surface area contributed by atoms with E-state index in [4.69, 9.17) is 16.3 Å². The zero-order valence-corrected chi connectivity index (χ0v) is 10.5. The number of halogens is 2. The summed E-state index contributed by atoms with van der Waals surface area (Å²) in [6.07, 6.45) is 3.18. The van der Waals surface area contributed by atoms with Gasteiger partial charge in [-0.2, -0.15) is 0 Å². The summed E-state index contributed by atoms with van der Waals surface area (Å²) in [6.45, 7) is 0. The number of allylic oxidation sites excluding steroid dienone is 1. The van der Waals surface area contributed by atoms with Gasteiger partial charge < -0.3 is 4.74 Å². The van der Waals surface area contributed by atoms with Gasteiger partial charge in [0.2, 0.25) is 0 Å². The standard InChI is InChI=1S/C11H10BrClO2/c1-15-11-5-3-8(6-10(11)12)2-4-9(14)7-13/h2-6H,7H2,1H3. The second-order valence-electron chi connectivity index (χ2n) is 2.83. The van der Waals surface area contributed by atoms with E-state index in [9.17, 15) is 4.79 Å². The van der Waals surface area contributed by atoms with Crippen LogP contribution in [0.4, 0.5) is 0 Å². The molecule has 0 aliphatic heterocycles. The van der Waals surface area contributed by atoms with Crippen LogP contribution in [0.5, 0.6) is 5.75 Å². The Bertz CT molecular complexity index is 388. The highest BCUT2D eigenvalue weighted by Crippen LogP contribution is 2.25. The number of ketones is 1. The van der Waals surface area contributed by atoms with Crippen LogP contribution in [0.15, 0.2) is 28.7 Å². The van der Waals surface area contributed by atoms with Crippen LogP contribution >= 0.6 is 27.5 Å². The Balaban J connectivity index is 2.84. The van der Waals surface area contributed by atoms with Crippen LogP contribution in [0.1, 0.15) is 5.56 Å². The van der Waals surface area contributed by atoms with Crippen molar-refractivity contribution in [3.63, 3.8) is 0 Å². The first-order valence-electron chi connectivity index (χ1n) is 4.28. The molecule has 15 heavy (non-hydrogen) atoms. The fourth-order valence-electron chi connectivity index (χ4n) is 1.02. The maximum Gasteiger partial charge on any atom is 0.170 e. The molecule has 0 aromatic heterocycles. The second-order valence-corrected chi connectivity index (χ2v) is 3.95. The number of hydrogen-bond donors (Lipinski definition) is 0. The Morgan fingerprint density at radius 2 is 2.33 bits per heavy atom. The molecular formula is C11H10BrClO2. The molecule has 0 bridgehead atoms. The third kappa shape index (κ3) is 3.68. The van der Waals surface area contributed by atoms with E-state index in [1.807, 2.05) is 18.2 Å². The summed E-state index contributed by atoms with van der Waals surface area (Å²) in [6, 6.07) is 5.56. The van der Waals surface area contributed by atoms with Gasteiger partial charge in [-0.15, -0.1) is 11.6 Å². The summed E-state index contributed by atoms with van der Waals surface area (Å²) in [7, 11) is 1.60. The molecule has 4 heteroatoms. The topological polar surface area (TPSA) is 26.3 Å². The number of hydrogen-bond acceptors (Lipinski definition) is 2.